The van der Waals surface area contributed by atoms with E-state index in [1.807, 2.05) is 6.07 Å². The molecule has 0 radical (unpaired) electrons. The van der Waals surface area contributed by atoms with Gasteiger partial charge in [0.1, 0.15) is 10.8 Å². The Kier molecular flexibility index (Phi) is 3.91. The molecule has 0 saturated carbocycles. The zero-order valence-electron chi connectivity index (χ0n) is 9.49. The van der Waals surface area contributed by atoms with E-state index in [4.69, 9.17) is 22.7 Å². The van der Waals surface area contributed by atoms with Crippen LogP contribution in [0, 0.1) is 5.82 Å². The van der Waals surface area contributed by atoms with Crippen molar-refractivity contribution in [2.24, 2.45) is 5.73 Å². The molecule has 1 fully saturated rings. The molecule has 0 aromatic heterocycles. The van der Waals surface area contributed by atoms with Crippen molar-refractivity contribution >= 4 is 22.9 Å². The van der Waals surface area contributed by atoms with E-state index in [0.29, 0.717) is 12.2 Å². The predicted octanol–water partition coefficient (Wildman–Crippen LogP) is 1.69. The molecule has 1 aromatic rings. The van der Waals surface area contributed by atoms with Crippen LogP contribution in [0.25, 0.3) is 0 Å². The molecular formula is C12H15FN2OS. The minimum Gasteiger partial charge on any atom is -0.389 e. The molecule has 0 amide bonds. The van der Waals surface area contributed by atoms with Crippen molar-refractivity contribution in [1.29, 1.82) is 0 Å². The van der Waals surface area contributed by atoms with Crippen molar-refractivity contribution < 1.29 is 9.13 Å². The van der Waals surface area contributed by atoms with Crippen LogP contribution in [-0.2, 0) is 4.74 Å². The van der Waals surface area contributed by atoms with Crippen LogP contribution in [0.2, 0.25) is 0 Å². The molecule has 17 heavy (non-hydrogen) atoms. The number of thiocarbonyl (C=S) groups is 1. The Morgan fingerprint density at radius 1 is 1.35 bits per heavy atom. The number of nitrogens with zero attached hydrogens (tertiary/aromatic N) is 1. The van der Waals surface area contributed by atoms with Crippen molar-refractivity contribution in [1.82, 2.24) is 0 Å². The van der Waals surface area contributed by atoms with Gasteiger partial charge < -0.3 is 15.4 Å². The number of halogens is 1. The van der Waals surface area contributed by atoms with E-state index in [1.165, 1.54) is 6.07 Å². The molecule has 0 atom stereocenters. The average molecular weight is 254 g/mol. The van der Waals surface area contributed by atoms with Crippen LogP contribution in [0.5, 0.6) is 0 Å². The Labute approximate surface area is 105 Å². The normalized spacial score (nSPS) is 16.6. The van der Waals surface area contributed by atoms with Gasteiger partial charge in [-0.25, -0.2) is 4.39 Å². The van der Waals surface area contributed by atoms with Crippen LogP contribution < -0.4 is 10.6 Å². The molecule has 1 aromatic carbocycles. The molecule has 0 bridgehead atoms. The van der Waals surface area contributed by atoms with Gasteiger partial charge in [-0.1, -0.05) is 18.3 Å². The Hall–Kier alpha value is -1.20. The fourth-order valence-corrected chi connectivity index (χ4v) is 2.21. The Morgan fingerprint density at radius 3 is 2.94 bits per heavy atom. The third-order valence-corrected chi connectivity index (χ3v) is 3.01. The molecule has 2 rings (SSSR count). The molecule has 0 unspecified atom stereocenters. The second-order valence-electron chi connectivity index (χ2n) is 3.95. The number of hydrogen-bond acceptors (Lipinski definition) is 3. The van der Waals surface area contributed by atoms with Gasteiger partial charge >= 0.3 is 0 Å². The van der Waals surface area contributed by atoms with Crippen LogP contribution in [0.15, 0.2) is 18.2 Å². The summed E-state index contributed by atoms with van der Waals surface area (Å²) >= 11 is 4.92. The van der Waals surface area contributed by atoms with Crippen LogP contribution in [0.1, 0.15) is 12.0 Å². The van der Waals surface area contributed by atoms with Gasteiger partial charge in [0, 0.05) is 25.4 Å². The third-order valence-electron chi connectivity index (χ3n) is 2.80. The molecule has 1 aliphatic heterocycles. The van der Waals surface area contributed by atoms with E-state index in [0.717, 1.165) is 31.8 Å². The average Bonchev–Trinajstić information content (AvgIpc) is 2.56. The summed E-state index contributed by atoms with van der Waals surface area (Å²) in [5.41, 5.74) is 6.70. The fraction of sp³-hybridized carbons (Fsp3) is 0.417. The zero-order chi connectivity index (χ0) is 12.3. The highest BCUT2D eigenvalue weighted by Crippen LogP contribution is 2.24. The van der Waals surface area contributed by atoms with Gasteiger partial charge in [-0.05, 0) is 18.6 Å². The van der Waals surface area contributed by atoms with Gasteiger partial charge in [0.25, 0.3) is 0 Å². The quantitative estimate of drug-likeness (QED) is 0.815. The van der Waals surface area contributed by atoms with Crippen molar-refractivity contribution in [3.05, 3.63) is 29.6 Å². The van der Waals surface area contributed by atoms with E-state index >= 15 is 0 Å². The lowest BCUT2D eigenvalue weighted by atomic mass is 10.1. The zero-order valence-corrected chi connectivity index (χ0v) is 10.3. The first-order valence-electron chi connectivity index (χ1n) is 5.61. The SMILES string of the molecule is NC(=S)c1c(F)cccc1N1CCCOCC1. The van der Waals surface area contributed by atoms with Gasteiger partial charge in [-0.3, -0.25) is 0 Å². The maximum absolute atomic E-state index is 13.7. The maximum atomic E-state index is 13.7. The first-order valence-corrected chi connectivity index (χ1v) is 6.02. The first-order chi connectivity index (χ1) is 8.20. The standard InChI is InChI=1S/C12H15FN2OS/c13-9-3-1-4-10(11(9)12(14)17)15-5-2-7-16-8-6-15/h1,3-4H,2,5-8H2,(H2,14,17). The highest BCUT2D eigenvalue weighted by molar-refractivity contribution is 7.80. The minimum atomic E-state index is -0.361. The summed E-state index contributed by atoms with van der Waals surface area (Å²) in [7, 11) is 0. The second kappa shape index (κ2) is 5.42. The Balaban J connectivity index is 2.36. The third kappa shape index (κ3) is 2.73. The highest BCUT2D eigenvalue weighted by Gasteiger charge is 2.17. The topological polar surface area (TPSA) is 38.5 Å². The summed E-state index contributed by atoms with van der Waals surface area (Å²) in [6, 6.07) is 4.91. The lowest BCUT2D eigenvalue weighted by Crippen LogP contribution is -2.29. The molecule has 0 spiro atoms. The molecule has 92 valence electrons. The summed E-state index contributed by atoms with van der Waals surface area (Å²) in [5, 5.41) is 0. The van der Waals surface area contributed by atoms with E-state index in [1.54, 1.807) is 6.07 Å². The van der Waals surface area contributed by atoms with Crippen molar-refractivity contribution in [2.45, 2.75) is 6.42 Å². The summed E-state index contributed by atoms with van der Waals surface area (Å²) in [6.45, 7) is 2.96. The van der Waals surface area contributed by atoms with Crippen molar-refractivity contribution in [3.8, 4) is 0 Å². The number of nitrogens with two attached hydrogens (primary N) is 1. The smallest absolute Gasteiger partial charge is 0.135 e. The van der Waals surface area contributed by atoms with Gasteiger partial charge in [-0.2, -0.15) is 0 Å². The van der Waals surface area contributed by atoms with Gasteiger partial charge in [-0.15, -0.1) is 0 Å². The number of hydrogen-bond donors (Lipinski definition) is 1. The lowest BCUT2D eigenvalue weighted by Gasteiger charge is -2.24. The number of ether oxygens (including phenoxy) is 1. The molecule has 1 aliphatic rings. The van der Waals surface area contributed by atoms with Crippen molar-refractivity contribution in [3.63, 3.8) is 0 Å². The summed E-state index contributed by atoms with van der Waals surface area (Å²) in [6.07, 6.45) is 0.924. The van der Waals surface area contributed by atoms with Crippen LogP contribution in [0.3, 0.4) is 0 Å². The maximum Gasteiger partial charge on any atom is 0.135 e. The molecule has 1 heterocycles. The monoisotopic (exact) mass is 254 g/mol. The fourth-order valence-electron chi connectivity index (χ4n) is 2.01. The molecule has 2 N–H and O–H groups in total. The van der Waals surface area contributed by atoms with E-state index in [9.17, 15) is 4.39 Å². The highest BCUT2D eigenvalue weighted by atomic mass is 32.1. The molecule has 5 heteroatoms. The van der Waals surface area contributed by atoms with E-state index in [-0.39, 0.29) is 10.8 Å². The lowest BCUT2D eigenvalue weighted by molar-refractivity contribution is 0.152. The number of anilines is 1. The number of benzene rings is 1. The molecule has 3 nitrogen and oxygen atoms in total. The van der Waals surface area contributed by atoms with Crippen LogP contribution >= 0.6 is 12.2 Å². The van der Waals surface area contributed by atoms with Crippen LogP contribution in [0.4, 0.5) is 10.1 Å². The summed E-state index contributed by atoms with van der Waals surface area (Å²) < 4.78 is 19.1. The van der Waals surface area contributed by atoms with E-state index < -0.39 is 0 Å². The predicted molar refractivity (Wildman–Crippen MR) is 69.9 cm³/mol. The largest absolute Gasteiger partial charge is 0.389 e. The number of rotatable bonds is 2. The van der Waals surface area contributed by atoms with Crippen molar-refractivity contribution in [2.75, 3.05) is 31.2 Å². The van der Waals surface area contributed by atoms with Gasteiger partial charge in [0.15, 0.2) is 0 Å². The first kappa shape index (κ1) is 12.3. The van der Waals surface area contributed by atoms with Gasteiger partial charge in [0.05, 0.1) is 12.2 Å². The Morgan fingerprint density at radius 2 is 2.18 bits per heavy atom. The second-order valence-corrected chi connectivity index (χ2v) is 4.39. The molecule has 0 aliphatic carbocycles. The van der Waals surface area contributed by atoms with E-state index in [2.05, 4.69) is 4.90 Å². The Bertz CT molecular complexity index is 417. The summed E-state index contributed by atoms with van der Waals surface area (Å²) in [5.74, 6) is -0.361. The molecule has 1 saturated heterocycles. The van der Waals surface area contributed by atoms with Gasteiger partial charge in [0.2, 0.25) is 0 Å². The minimum absolute atomic E-state index is 0.100. The molecular weight excluding hydrogens is 239 g/mol. The summed E-state index contributed by atoms with van der Waals surface area (Å²) in [4.78, 5) is 2.17. The van der Waals surface area contributed by atoms with Crippen LogP contribution in [-0.4, -0.2) is 31.3 Å².